The van der Waals surface area contributed by atoms with E-state index in [1.807, 2.05) is 16.9 Å². The fourth-order valence-corrected chi connectivity index (χ4v) is 1.60. The number of aromatic nitrogens is 5. The Hall–Kier alpha value is -1.63. The van der Waals surface area contributed by atoms with Gasteiger partial charge in [-0.2, -0.15) is 5.10 Å². The lowest BCUT2D eigenvalue weighted by molar-refractivity contribution is 0.526. The second-order valence-electron chi connectivity index (χ2n) is 3.16. The monoisotopic (exact) mass is 224 g/mol. The van der Waals surface area contributed by atoms with E-state index in [2.05, 4.69) is 15.3 Å². The van der Waals surface area contributed by atoms with Crippen LogP contribution in [-0.4, -0.2) is 24.5 Å². The molecule has 0 aliphatic heterocycles. The topological polar surface area (TPSA) is 77.5 Å². The number of H-pyrrole nitrogens is 1. The third-order valence-electron chi connectivity index (χ3n) is 2.12. The molecule has 0 aromatic carbocycles. The zero-order valence-corrected chi connectivity index (χ0v) is 8.94. The van der Waals surface area contributed by atoms with Gasteiger partial charge in [0, 0.05) is 25.5 Å². The van der Waals surface area contributed by atoms with Gasteiger partial charge in [0.1, 0.15) is 0 Å². The minimum atomic E-state index is 0.431. The first kappa shape index (κ1) is 9.91. The molecule has 80 valence electrons. The molecule has 3 N–H and O–H groups in total. The van der Waals surface area contributed by atoms with Crippen LogP contribution in [0.5, 0.6) is 0 Å². The third kappa shape index (κ3) is 2.24. The number of anilines is 1. The van der Waals surface area contributed by atoms with Crippen LogP contribution in [0, 0.1) is 4.77 Å². The molecule has 6 nitrogen and oxygen atoms in total. The maximum Gasteiger partial charge on any atom is 0.220 e. The Morgan fingerprint density at radius 3 is 2.93 bits per heavy atom. The predicted molar refractivity (Wildman–Crippen MR) is 58.7 cm³/mol. The third-order valence-corrected chi connectivity index (χ3v) is 2.43. The van der Waals surface area contributed by atoms with Crippen LogP contribution >= 0.6 is 12.2 Å². The molecule has 0 aliphatic carbocycles. The van der Waals surface area contributed by atoms with Crippen molar-refractivity contribution in [3.63, 3.8) is 0 Å². The predicted octanol–water partition coefficient (Wildman–Crippen LogP) is 0.810. The van der Waals surface area contributed by atoms with E-state index in [0.29, 0.717) is 10.7 Å². The molecule has 0 radical (unpaired) electrons. The number of aromatic amines is 1. The Morgan fingerprint density at radius 2 is 2.33 bits per heavy atom. The Balaban J connectivity index is 1.91. The zero-order valence-electron chi connectivity index (χ0n) is 8.13. The van der Waals surface area contributed by atoms with E-state index in [-0.39, 0.29) is 0 Å². The van der Waals surface area contributed by atoms with Gasteiger partial charge in [-0.05, 0) is 24.7 Å². The van der Waals surface area contributed by atoms with Crippen LogP contribution in [-0.2, 0) is 13.1 Å². The number of nitrogen functional groups attached to an aromatic ring is 1. The first-order valence-electron chi connectivity index (χ1n) is 4.65. The van der Waals surface area contributed by atoms with Crippen molar-refractivity contribution in [1.82, 2.24) is 24.5 Å². The molecule has 0 atom stereocenters. The average Bonchev–Trinajstić information content (AvgIpc) is 2.82. The van der Waals surface area contributed by atoms with Crippen LogP contribution in [0.2, 0.25) is 0 Å². The maximum absolute atomic E-state index is 5.63. The molecule has 2 aromatic rings. The summed E-state index contributed by atoms with van der Waals surface area (Å²) < 4.78 is 4.21. The molecule has 7 heteroatoms. The zero-order chi connectivity index (χ0) is 10.7. The lowest BCUT2D eigenvalue weighted by Gasteiger charge is -2.03. The standard InChI is InChI=1S/C8H12N6S/c9-7-11-12-8(15)14(7)6-2-5-13-4-1-3-10-13/h1,3-4H,2,5-6H2,(H2,9,11)(H,12,15). The van der Waals surface area contributed by atoms with Crippen molar-refractivity contribution in [3.8, 4) is 0 Å². The van der Waals surface area contributed by atoms with E-state index in [0.717, 1.165) is 19.5 Å². The first-order chi connectivity index (χ1) is 7.27. The molecule has 0 spiro atoms. The quantitative estimate of drug-likeness (QED) is 0.753. The van der Waals surface area contributed by atoms with Crippen LogP contribution in [0.1, 0.15) is 6.42 Å². The summed E-state index contributed by atoms with van der Waals surface area (Å²) >= 11 is 5.03. The van der Waals surface area contributed by atoms with Crippen LogP contribution in [0.15, 0.2) is 18.5 Å². The van der Waals surface area contributed by atoms with E-state index in [4.69, 9.17) is 18.0 Å². The largest absolute Gasteiger partial charge is 0.368 e. The van der Waals surface area contributed by atoms with Crippen molar-refractivity contribution in [2.24, 2.45) is 0 Å². The van der Waals surface area contributed by atoms with Crippen molar-refractivity contribution >= 4 is 18.2 Å². The average molecular weight is 224 g/mol. The summed E-state index contributed by atoms with van der Waals surface area (Å²) in [5.41, 5.74) is 5.63. The van der Waals surface area contributed by atoms with E-state index >= 15 is 0 Å². The highest BCUT2D eigenvalue weighted by atomic mass is 32.1. The van der Waals surface area contributed by atoms with Gasteiger partial charge in [-0.3, -0.25) is 9.25 Å². The summed E-state index contributed by atoms with van der Waals surface area (Å²) in [6.07, 6.45) is 4.61. The fraction of sp³-hybridized carbons (Fsp3) is 0.375. The summed E-state index contributed by atoms with van der Waals surface area (Å²) in [7, 11) is 0. The molecular formula is C8H12N6S. The van der Waals surface area contributed by atoms with Gasteiger partial charge in [-0.25, -0.2) is 5.10 Å². The van der Waals surface area contributed by atoms with Crippen LogP contribution in [0.4, 0.5) is 5.95 Å². The number of nitrogens with zero attached hydrogens (tertiary/aromatic N) is 4. The van der Waals surface area contributed by atoms with Crippen molar-refractivity contribution in [3.05, 3.63) is 23.2 Å². The minimum Gasteiger partial charge on any atom is -0.368 e. The number of aryl methyl sites for hydroxylation is 1. The Kier molecular flexibility index (Phi) is 2.82. The van der Waals surface area contributed by atoms with E-state index in [9.17, 15) is 0 Å². The maximum atomic E-state index is 5.63. The van der Waals surface area contributed by atoms with E-state index in [1.54, 1.807) is 10.8 Å². The van der Waals surface area contributed by atoms with Gasteiger partial charge in [-0.15, -0.1) is 5.10 Å². The number of nitrogens with one attached hydrogen (secondary N) is 1. The van der Waals surface area contributed by atoms with Gasteiger partial charge in [0.25, 0.3) is 0 Å². The molecule has 0 bridgehead atoms. The van der Waals surface area contributed by atoms with E-state index < -0.39 is 0 Å². The highest BCUT2D eigenvalue weighted by Crippen LogP contribution is 2.01. The summed E-state index contributed by atoms with van der Waals surface area (Å²) in [5.74, 6) is 0.431. The Morgan fingerprint density at radius 1 is 1.47 bits per heavy atom. The fourth-order valence-electron chi connectivity index (χ4n) is 1.37. The second-order valence-corrected chi connectivity index (χ2v) is 3.55. The second kappa shape index (κ2) is 4.26. The summed E-state index contributed by atoms with van der Waals surface area (Å²) in [6.45, 7) is 1.60. The summed E-state index contributed by atoms with van der Waals surface area (Å²) in [4.78, 5) is 0. The van der Waals surface area contributed by atoms with Crippen molar-refractivity contribution in [2.45, 2.75) is 19.5 Å². The molecule has 0 fully saturated rings. The van der Waals surface area contributed by atoms with Crippen LogP contribution in [0.3, 0.4) is 0 Å². The van der Waals surface area contributed by atoms with Gasteiger partial charge in [0.2, 0.25) is 5.95 Å². The van der Waals surface area contributed by atoms with Crippen molar-refractivity contribution < 1.29 is 0 Å². The lowest BCUT2D eigenvalue weighted by Crippen LogP contribution is -2.07. The van der Waals surface area contributed by atoms with Gasteiger partial charge in [0.15, 0.2) is 4.77 Å². The van der Waals surface area contributed by atoms with Gasteiger partial charge < -0.3 is 5.73 Å². The molecule has 15 heavy (non-hydrogen) atoms. The van der Waals surface area contributed by atoms with Gasteiger partial charge in [-0.1, -0.05) is 0 Å². The number of hydrogen-bond acceptors (Lipinski definition) is 4. The molecule has 0 saturated heterocycles. The number of hydrogen-bond donors (Lipinski definition) is 2. The highest BCUT2D eigenvalue weighted by Gasteiger charge is 2.00. The van der Waals surface area contributed by atoms with E-state index in [1.165, 1.54) is 0 Å². The van der Waals surface area contributed by atoms with Crippen molar-refractivity contribution in [1.29, 1.82) is 0 Å². The molecule has 0 amide bonds. The molecule has 0 saturated carbocycles. The lowest BCUT2D eigenvalue weighted by atomic mass is 10.4. The molecule has 2 aromatic heterocycles. The summed E-state index contributed by atoms with van der Waals surface area (Å²) in [5, 5.41) is 10.6. The minimum absolute atomic E-state index is 0.431. The molecule has 2 heterocycles. The SMILES string of the molecule is Nc1n[nH]c(=S)n1CCCn1cccn1. The smallest absolute Gasteiger partial charge is 0.220 e. The number of nitrogens with two attached hydrogens (primary N) is 1. The van der Waals surface area contributed by atoms with Crippen molar-refractivity contribution in [2.75, 3.05) is 5.73 Å². The van der Waals surface area contributed by atoms with Gasteiger partial charge >= 0.3 is 0 Å². The molecule has 2 rings (SSSR count). The normalized spacial score (nSPS) is 10.7. The molecule has 0 aliphatic rings. The highest BCUT2D eigenvalue weighted by molar-refractivity contribution is 7.71. The van der Waals surface area contributed by atoms with Crippen LogP contribution < -0.4 is 5.73 Å². The Bertz CT molecular complexity index is 468. The first-order valence-corrected chi connectivity index (χ1v) is 5.06. The van der Waals surface area contributed by atoms with Gasteiger partial charge in [0.05, 0.1) is 0 Å². The molecular weight excluding hydrogens is 212 g/mol. The number of rotatable bonds is 4. The summed E-state index contributed by atoms with van der Waals surface area (Å²) in [6, 6.07) is 1.90. The Labute approximate surface area is 91.7 Å². The molecule has 0 unspecified atom stereocenters. The van der Waals surface area contributed by atoms with Crippen LogP contribution in [0.25, 0.3) is 0 Å².